The molecule has 0 saturated heterocycles. The minimum atomic E-state index is -0.0909. The van der Waals surface area contributed by atoms with E-state index >= 15 is 0 Å². The quantitative estimate of drug-likeness (QED) is 0.206. The van der Waals surface area contributed by atoms with Crippen LogP contribution >= 0.6 is 27.7 Å². The fourth-order valence-electron chi connectivity index (χ4n) is 5.44. The number of nitrogens with zero attached hydrogens (tertiary/aromatic N) is 2. The molecule has 3 nitrogen and oxygen atoms in total. The Hall–Kier alpha value is -1.85. The van der Waals surface area contributed by atoms with Crippen molar-refractivity contribution in [1.82, 2.24) is 9.55 Å². The van der Waals surface area contributed by atoms with E-state index in [9.17, 15) is 4.79 Å². The van der Waals surface area contributed by atoms with Crippen molar-refractivity contribution in [3.8, 4) is 16.9 Å². The molecule has 0 bridgehead atoms. The van der Waals surface area contributed by atoms with Crippen molar-refractivity contribution in [2.75, 3.05) is 5.75 Å². The van der Waals surface area contributed by atoms with Gasteiger partial charge in [0.05, 0.1) is 16.9 Å². The van der Waals surface area contributed by atoms with E-state index in [-0.39, 0.29) is 11.0 Å². The Morgan fingerprint density at radius 2 is 1.91 bits per heavy atom. The normalized spacial score (nSPS) is 16.6. The molecule has 0 amide bonds. The first-order valence-electron chi connectivity index (χ1n) is 11.8. The van der Waals surface area contributed by atoms with Crippen molar-refractivity contribution >= 4 is 27.7 Å². The third-order valence-corrected chi connectivity index (χ3v) is 8.51. The maximum absolute atomic E-state index is 14.4. The van der Waals surface area contributed by atoms with Gasteiger partial charge in [0, 0.05) is 21.2 Å². The van der Waals surface area contributed by atoms with Gasteiger partial charge in [0.25, 0.3) is 5.56 Å². The summed E-state index contributed by atoms with van der Waals surface area (Å²) in [5.74, 6) is 0.961. The molecule has 5 heteroatoms. The second-order valence-electron chi connectivity index (χ2n) is 9.12. The molecule has 1 saturated carbocycles. The maximum Gasteiger partial charge on any atom is 0.263 e. The molecule has 0 radical (unpaired) electrons. The molecular weight excluding hydrogens is 480 g/mol. The van der Waals surface area contributed by atoms with Gasteiger partial charge in [-0.2, -0.15) is 0 Å². The number of halogens is 1. The lowest BCUT2D eigenvalue weighted by molar-refractivity contribution is 0.283. The Morgan fingerprint density at radius 1 is 1.09 bits per heavy atom. The molecular formula is C27H29BrN2OS. The van der Waals surface area contributed by atoms with Gasteiger partial charge in [0.1, 0.15) is 0 Å². The largest absolute Gasteiger partial charge is 0.268 e. The number of unbranched alkanes of at least 4 members (excludes halogenated alkanes) is 1. The van der Waals surface area contributed by atoms with Crippen LogP contribution in [0.2, 0.25) is 0 Å². The highest BCUT2D eigenvalue weighted by atomic mass is 79.9. The van der Waals surface area contributed by atoms with Crippen LogP contribution in [0, 0.1) is 0 Å². The van der Waals surface area contributed by atoms with Gasteiger partial charge in [0.2, 0.25) is 0 Å². The molecule has 2 aliphatic carbocycles. The Morgan fingerprint density at radius 3 is 2.69 bits per heavy atom. The lowest BCUT2D eigenvalue weighted by Crippen LogP contribution is -2.42. The number of hydrogen-bond donors (Lipinski definition) is 0. The molecule has 166 valence electrons. The second-order valence-corrected chi connectivity index (χ2v) is 11.1. The van der Waals surface area contributed by atoms with Gasteiger partial charge in [-0.1, -0.05) is 90.6 Å². The molecule has 1 fully saturated rings. The lowest BCUT2D eigenvalue weighted by Gasteiger charge is -2.42. The van der Waals surface area contributed by atoms with E-state index < -0.39 is 0 Å². The van der Waals surface area contributed by atoms with Crippen molar-refractivity contribution in [3.63, 3.8) is 0 Å². The summed E-state index contributed by atoms with van der Waals surface area (Å²) in [6.07, 6.45) is 8.97. The van der Waals surface area contributed by atoms with Gasteiger partial charge in [-0.15, -0.1) is 0 Å². The van der Waals surface area contributed by atoms with Crippen molar-refractivity contribution in [2.45, 2.75) is 68.9 Å². The van der Waals surface area contributed by atoms with Crippen molar-refractivity contribution in [1.29, 1.82) is 0 Å². The summed E-state index contributed by atoms with van der Waals surface area (Å²) in [6, 6.07) is 16.6. The average molecular weight is 510 g/mol. The molecule has 0 aliphatic heterocycles. The van der Waals surface area contributed by atoms with E-state index in [1.807, 2.05) is 28.8 Å². The minimum Gasteiger partial charge on any atom is -0.268 e. The highest BCUT2D eigenvalue weighted by Crippen LogP contribution is 2.49. The van der Waals surface area contributed by atoms with Gasteiger partial charge < -0.3 is 0 Å². The van der Waals surface area contributed by atoms with Crippen LogP contribution in [0.3, 0.4) is 0 Å². The zero-order valence-electron chi connectivity index (χ0n) is 18.6. The summed E-state index contributed by atoms with van der Waals surface area (Å²) in [7, 11) is 0. The summed E-state index contributed by atoms with van der Waals surface area (Å²) >= 11 is 5.30. The second kappa shape index (κ2) is 9.18. The first kappa shape index (κ1) is 22.0. The van der Waals surface area contributed by atoms with E-state index in [2.05, 4.69) is 47.1 Å². The van der Waals surface area contributed by atoms with Gasteiger partial charge in [-0.25, -0.2) is 4.98 Å². The zero-order chi connectivity index (χ0) is 22.1. The van der Waals surface area contributed by atoms with Crippen molar-refractivity contribution < 1.29 is 0 Å². The van der Waals surface area contributed by atoms with Gasteiger partial charge >= 0.3 is 0 Å². The fourth-order valence-corrected chi connectivity index (χ4v) is 6.91. The number of rotatable bonds is 5. The van der Waals surface area contributed by atoms with Crippen LogP contribution in [0.25, 0.3) is 16.9 Å². The van der Waals surface area contributed by atoms with E-state index in [4.69, 9.17) is 4.98 Å². The molecule has 1 heterocycles. The molecule has 1 spiro atoms. The number of hydrogen-bond acceptors (Lipinski definition) is 3. The van der Waals surface area contributed by atoms with E-state index in [1.54, 1.807) is 11.8 Å². The maximum atomic E-state index is 14.4. The lowest BCUT2D eigenvalue weighted by atomic mass is 9.62. The molecule has 1 aromatic heterocycles. The van der Waals surface area contributed by atoms with Crippen molar-refractivity contribution in [2.24, 2.45) is 0 Å². The SMILES string of the molecule is CCCCSc1nc2c(c(=O)n1-c1cccc(Br)c1)C1(CCCCC1)Cc1ccccc1-2. The third-order valence-electron chi connectivity index (χ3n) is 6.99. The highest BCUT2D eigenvalue weighted by molar-refractivity contribution is 9.10. The van der Waals surface area contributed by atoms with Crippen LogP contribution in [0.1, 0.15) is 63.0 Å². The fraction of sp³-hybridized carbons (Fsp3) is 0.407. The summed E-state index contributed by atoms with van der Waals surface area (Å²) in [6.45, 7) is 2.20. The molecule has 0 atom stereocenters. The smallest absolute Gasteiger partial charge is 0.263 e. The van der Waals surface area contributed by atoms with Crippen LogP contribution in [-0.2, 0) is 11.8 Å². The molecule has 0 unspecified atom stereocenters. The Balaban J connectivity index is 1.79. The van der Waals surface area contributed by atoms with Crippen molar-refractivity contribution in [3.05, 3.63) is 74.5 Å². The summed E-state index contributed by atoms with van der Waals surface area (Å²) in [4.78, 5) is 19.6. The predicted octanol–water partition coefficient (Wildman–Crippen LogP) is 7.31. The highest BCUT2D eigenvalue weighted by Gasteiger charge is 2.43. The molecule has 3 aromatic rings. The molecule has 2 aromatic carbocycles. The van der Waals surface area contributed by atoms with Crippen LogP contribution in [-0.4, -0.2) is 15.3 Å². The summed E-state index contributed by atoms with van der Waals surface area (Å²) < 4.78 is 2.86. The van der Waals surface area contributed by atoms with Crippen LogP contribution in [0.15, 0.2) is 63.0 Å². The number of benzene rings is 2. The Labute approximate surface area is 202 Å². The van der Waals surface area contributed by atoms with Crippen LogP contribution in [0.4, 0.5) is 0 Å². The molecule has 32 heavy (non-hydrogen) atoms. The molecule has 5 rings (SSSR count). The first-order chi connectivity index (χ1) is 15.6. The van der Waals surface area contributed by atoms with E-state index in [1.165, 1.54) is 24.8 Å². The third kappa shape index (κ3) is 3.88. The standard InChI is InChI=1S/C27H29BrN2OS/c1-2-3-16-32-26-29-24-22-13-6-5-10-19(22)18-27(14-7-4-8-15-27)23(24)25(31)30(26)21-12-9-11-20(28)17-21/h5-6,9-13,17H,2-4,7-8,14-16,18H2,1H3. The molecule has 0 N–H and O–H groups in total. The number of aromatic nitrogens is 2. The minimum absolute atomic E-state index is 0.0909. The van der Waals surface area contributed by atoms with Crippen LogP contribution < -0.4 is 5.56 Å². The predicted molar refractivity (Wildman–Crippen MR) is 137 cm³/mol. The van der Waals surface area contributed by atoms with E-state index in [0.717, 1.165) is 70.0 Å². The first-order valence-corrected chi connectivity index (χ1v) is 13.6. The van der Waals surface area contributed by atoms with Gasteiger partial charge in [-0.05, 0) is 49.4 Å². The Kier molecular flexibility index (Phi) is 6.31. The zero-order valence-corrected chi connectivity index (χ0v) is 21.0. The topological polar surface area (TPSA) is 34.9 Å². The Bertz CT molecular complexity index is 1200. The average Bonchev–Trinajstić information content (AvgIpc) is 2.80. The monoisotopic (exact) mass is 508 g/mol. The number of fused-ring (bicyclic) bond motifs is 4. The summed E-state index contributed by atoms with van der Waals surface area (Å²) in [5, 5.41) is 0.808. The van der Waals surface area contributed by atoms with Gasteiger partial charge in [0.15, 0.2) is 5.16 Å². The summed E-state index contributed by atoms with van der Waals surface area (Å²) in [5.41, 5.74) is 5.31. The van der Waals surface area contributed by atoms with E-state index in [0.29, 0.717) is 0 Å². The van der Waals surface area contributed by atoms with Crippen LogP contribution in [0.5, 0.6) is 0 Å². The van der Waals surface area contributed by atoms with Gasteiger partial charge in [-0.3, -0.25) is 9.36 Å². The molecule has 2 aliphatic rings. The number of thioether (sulfide) groups is 1.